The van der Waals surface area contributed by atoms with Crippen LogP contribution in [0.4, 0.5) is 5.69 Å². The van der Waals surface area contributed by atoms with Gasteiger partial charge in [0.1, 0.15) is 11.5 Å². The summed E-state index contributed by atoms with van der Waals surface area (Å²) in [4.78, 5) is 19.0. The van der Waals surface area contributed by atoms with Crippen molar-refractivity contribution in [3.05, 3.63) is 123 Å². The molecular weight excluding hydrogens is 534 g/mol. The Morgan fingerprint density at radius 1 is 0.902 bits per heavy atom. The predicted octanol–water partition coefficient (Wildman–Crippen LogP) is 6.08. The maximum absolute atomic E-state index is 13.6. The molecule has 6 aromatic rings. The number of aromatic hydroxyl groups is 2. The summed E-state index contributed by atoms with van der Waals surface area (Å²) in [6.07, 6.45) is 0. The van der Waals surface area contributed by atoms with Crippen molar-refractivity contribution in [3.63, 3.8) is 0 Å². The summed E-state index contributed by atoms with van der Waals surface area (Å²) in [5.41, 5.74) is 4.27. The van der Waals surface area contributed by atoms with Crippen molar-refractivity contribution in [2.75, 3.05) is 0 Å². The number of benzene rings is 4. The van der Waals surface area contributed by atoms with Crippen molar-refractivity contribution >= 4 is 33.5 Å². The van der Waals surface area contributed by atoms with Gasteiger partial charge in [-0.2, -0.15) is 5.10 Å². The van der Waals surface area contributed by atoms with E-state index >= 15 is 0 Å². The quantitative estimate of drug-likeness (QED) is 0.250. The first kappa shape index (κ1) is 26.1. The molecule has 0 unspecified atom stereocenters. The minimum absolute atomic E-state index is 0.0383. The van der Waals surface area contributed by atoms with E-state index < -0.39 is 0 Å². The summed E-state index contributed by atoms with van der Waals surface area (Å²) in [6, 6.07) is 28.1. The van der Waals surface area contributed by atoms with Gasteiger partial charge in [-0.05, 0) is 48.9 Å². The lowest BCUT2D eigenvalue weighted by Gasteiger charge is -2.10. The smallest absolute Gasteiger partial charge is 0.297 e. The summed E-state index contributed by atoms with van der Waals surface area (Å²) in [5, 5.41) is 29.3. The number of hydrogen-bond acceptors (Lipinski definition) is 6. The van der Waals surface area contributed by atoms with Crippen molar-refractivity contribution in [1.82, 2.24) is 14.0 Å². The maximum atomic E-state index is 13.6. The molecule has 0 aliphatic carbocycles. The number of rotatable bonds is 5. The molecule has 2 N–H and O–H groups in total. The standard InChI is InChI=1S/C32H27N5O3S/c1-20(25-17-16-24(38)18-29(25)39)34-36-28(27-15-9-11-22-10-7-8-14-26(22)27)19-41-32(36)33-30-21(2)35(3)37(31(30)40)23-12-5-4-6-13-23/h4-19,38-39H,1-3H3. The molecule has 2 aromatic heterocycles. The Hall–Kier alpha value is -5.15. The number of fused-ring (bicyclic) bond motifs is 1. The molecule has 4 aromatic carbocycles. The fourth-order valence-corrected chi connectivity index (χ4v) is 5.74. The molecule has 204 valence electrons. The molecule has 9 heteroatoms. The van der Waals surface area contributed by atoms with E-state index in [1.807, 2.05) is 73.9 Å². The minimum atomic E-state index is -0.236. The number of nitrogens with zero attached hydrogens (tertiary/aromatic N) is 5. The van der Waals surface area contributed by atoms with E-state index in [9.17, 15) is 15.0 Å². The van der Waals surface area contributed by atoms with Gasteiger partial charge in [-0.25, -0.2) is 14.4 Å². The molecule has 0 radical (unpaired) electrons. The minimum Gasteiger partial charge on any atom is -0.508 e. The van der Waals surface area contributed by atoms with Gasteiger partial charge in [0.15, 0.2) is 5.69 Å². The van der Waals surface area contributed by atoms with Gasteiger partial charge < -0.3 is 10.2 Å². The van der Waals surface area contributed by atoms with Crippen LogP contribution < -0.4 is 10.4 Å². The van der Waals surface area contributed by atoms with Gasteiger partial charge in [0.05, 0.1) is 22.8 Å². The predicted molar refractivity (Wildman–Crippen MR) is 164 cm³/mol. The number of hydrogen-bond donors (Lipinski definition) is 2. The number of aromatic nitrogens is 3. The first-order valence-corrected chi connectivity index (χ1v) is 13.9. The van der Waals surface area contributed by atoms with E-state index in [1.54, 1.807) is 27.0 Å². The third-order valence-corrected chi connectivity index (χ3v) is 7.92. The molecule has 6 rings (SSSR count). The average molecular weight is 562 g/mol. The molecule has 8 nitrogen and oxygen atoms in total. The van der Waals surface area contributed by atoms with Crippen LogP contribution in [0.1, 0.15) is 18.2 Å². The van der Waals surface area contributed by atoms with Crippen molar-refractivity contribution in [3.8, 4) is 28.4 Å². The Bertz CT molecular complexity index is 2080. The van der Waals surface area contributed by atoms with Gasteiger partial charge in [0.25, 0.3) is 5.56 Å². The summed E-state index contributed by atoms with van der Waals surface area (Å²) in [7, 11) is 1.84. The highest BCUT2D eigenvalue weighted by atomic mass is 32.1. The van der Waals surface area contributed by atoms with Gasteiger partial charge >= 0.3 is 0 Å². The second-order valence-electron chi connectivity index (χ2n) is 9.65. The molecular formula is C32H27N5O3S. The number of phenolic OH excluding ortho intramolecular Hbond substituents is 2. The highest BCUT2D eigenvalue weighted by molar-refractivity contribution is 7.07. The Balaban J connectivity index is 1.61. The van der Waals surface area contributed by atoms with Crippen LogP contribution in [-0.4, -0.2) is 30.0 Å². The van der Waals surface area contributed by atoms with Gasteiger partial charge in [-0.15, -0.1) is 11.3 Å². The van der Waals surface area contributed by atoms with Crippen molar-refractivity contribution < 1.29 is 10.2 Å². The third kappa shape index (κ3) is 4.66. The third-order valence-electron chi connectivity index (χ3n) is 7.10. The number of thiazole rings is 1. The average Bonchev–Trinajstić information content (AvgIpc) is 3.46. The molecule has 0 atom stereocenters. The Morgan fingerprint density at radius 2 is 1.63 bits per heavy atom. The summed E-state index contributed by atoms with van der Waals surface area (Å²) in [5.74, 6) is -0.124. The number of para-hydroxylation sites is 1. The van der Waals surface area contributed by atoms with Gasteiger partial charge in [-0.3, -0.25) is 9.48 Å². The van der Waals surface area contributed by atoms with E-state index in [2.05, 4.69) is 18.2 Å². The zero-order chi connectivity index (χ0) is 28.7. The molecule has 0 aliphatic heterocycles. The first-order valence-electron chi connectivity index (χ1n) is 13.0. The van der Waals surface area contributed by atoms with Crippen LogP contribution in [0, 0.1) is 6.92 Å². The second-order valence-corrected chi connectivity index (χ2v) is 10.5. The molecule has 0 fully saturated rings. The zero-order valence-electron chi connectivity index (χ0n) is 22.7. The van der Waals surface area contributed by atoms with Crippen LogP contribution in [0.2, 0.25) is 0 Å². The Kier molecular flexibility index (Phi) is 6.64. The zero-order valence-corrected chi connectivity index (χ0v) is 23.5. The first-order chi connectivity index (χ1) is 19.8. The lowest BCUT2D eigenvalue weighted by molar-refractivity contribution is 0.450. The van der Waals surface area contributed by atoms with Crippen molar-refractivity contribution in [2.24, 2.45) is 17.1 Å². The molecule has 0 aliphatic rings. The summed E-state index contributed by atoms with van der Waals surface area (Å²) in [6.45, 7) is 3.65. The van der Waals surface area contributed by atoms with Crippen LogP contribution in [0.15, 0.2) is 111 Å². The fourth-order valence-electron chi connectivity index (χ4n) is 4.92. The van der Waals surface area contributed by atoms with E-state index in [0.717, 1.165) is 27.7 Å². The molecule has 2 heterocycles. The molecule has 0 amide bonds. The van der Waals surface area contributed by atoms with Crippen molar-refractivity contribution in [1.29, 1.82) is 0 Å². The molecule has 0 saturated carbocycles. The highest BCUT2D eigenvalue weighted by Crippen LogP contribution is 2.30. The molecule has 0 spiro atoms. The van der Waals surface area contributed by atoms with Crippen LogP contribution in [0.3, 0.4) is 0 Å². The molecule has 41 heavy (non-hydrogen) atoms. The van der Waals surface area contributed by atoms with Gasteiger partial charge in [0, 0.05) is 29.6 Å². The normalized spacial score (nSPS) is 12.4. The summed E-state index contributed by atoms with van der Waals surface area (Å²) >= 11 is 1.38. The SMILES string of the molecule is CC(=Nn1c(-c2cccc3ccccc23)csc1=Nc1c(C)n(C)n(-c2ccccc2)c1=O)c1ccc(O)cc1O. The van der Waals surface area contributed by atoms with Crippen LogP contribution in [-0.2, 0) is 7.05 Å². The van der Waals surface area contributed by atoms with E-state index in [-0.39, 0.29) is 17.1 Å². The Morgan fingerprint density at radius 3 is 2.41 bits per heavy atom. The van der Waals surface area contributed by atoms with E-state index in [1.165, 1.54) is 23.5 Å². The number of phenols is 2. The Labute approximate surface area is 239 Å². The maximum Gasteiger partial charge on any atom is 0.297 e. The fraction of sp³-hybridized carbons (Fsp3) is 0.0938. The van der Waals surface area contributed by atoms with Crippen LogP contribution in [0.25, 0.3) is 27.7 Å². The largest absolute Gasteiger partial charge is 0.508 e. The van der Waals surface area contributed by atoms with Gasteiger partial charge in [-0.1, -0.05) is 60.7 Å². The lowest BCUT2D eigenvalue weighted by Crippen LogP contribution is -2.20. The van der Waals surface area contributed by atoms with Crippen molar-refractivity contribution in [2.45, 2.75) is 13.8 Å². The summed E-state index contributed by atoms with van der Waals surface area (Å²) < 4.78 is 5.11. The van der Waals surface area contributed by atoms with E-state index in [4.69, 9.17) is 10.1 Å². The molecule has 0 saturated heterocycles. The monoisotopic (exact) mass is 561 g/mol. The lowest BCUT2D eigenvalue weighted by atomic mass is 10.0. The van der Waals surface area contributed by atoms with Crippen LogP contribution >= 0.6 is 11.3 Å². The van der Waals surface area contributed by atoms with Gasteiger partial charge in [0.2, 0.25) is 4.80 Å². The van der Waals surface area contributed by atoms with Crippen LogP contribution in [0.5, 0.6) is 11.5 Å². The topological polar surface area (TPSA) is 97.0 Å². The van der Waals surface area contributed by atoms with E-state index in [0.29, 0.717) is 27.5 Å². The highest BCUT2D eigenvalue weighted by Gasteiger charge is 2.18. The second kappa shape index (κ2) is 10.4. The molecule has 0 bridgehead atoms.